The van der Waals surface area contributed by atoms with Gasteiger partial charge in [0.05, 0.1) is 17.3 Å². The molecule has 1 unspecified atom stereocenters. The van der Waals surface area contributed by atoms with E-state index in [1.807, 2.05) is 30.3 Å². The summed E-state index contributed by atoms with van der Waals surface area (Å²) in [6, 6.07) is 9.37. The first kappa shape index (κ1) is 10.7. The number of Topliss-reactive ketones (excluding diaryl/α,β-unsaturated/α-hetero) is 1. The summed E-state index contributed by atoms with van der Waals surface area (Å²) in [4.78, 5) is 11.0. The Morgan fingerprint density at radius 2 is 2.14 bits per heavy atom. The molecule has 1 N–H and O–H groups in total. The maximum absolute atomic E-state index is 11.0. The van der Waals surface area contributed by atoms with Gasteiger partial charge in [0.25, 0.3) is 0 Å². The summed E-state index contributed by atoms with van der Waals surface area (Å²) < 4.78 is 0. The summed E-state index contributed by atoms with van der Waals surface area (Å²) in [6.07, 6.45) is 1.19. The highest BCUT2D eigenvalue weighted by Crippen LogP contribution is 2.03. The molecule has 1 aromatic carbocycles. The number of ketones is 1. The first-order chi connectivity index (χ1) is 6.70. The Labute approximate surface area is 87.8 Å². The van der Waals surface area contributed by atoms with Crippen molar-refractivity contribution < 1.29 is 4.79 Å². The molecule has 0 fully saturated rings. The van der Waals surface area contributed by atoms with E-state index in [1.54, 1.807) is 6.92 Å². The van der Waals surface area contributed by atoms with Crippen LogP contribution in [0.2, 0.25) is 0 Å². The van der Waals surface area contributed by atoms with Gasteiger partial charge in [0, 0.05) is 0 Å². The Hall–Kier alpha value is -1.35. The number of nitrogens with one attached hydrogen (secondary N) is 1. The molecule has 0 saturated heterocycles. The number of nitrogens with zero attached hydrogens (tertiary/aromatic N) is 1. The predicted octanol–water partition coefficient (Wildman–Crippen LogP) is 2.28. The molecule has 0 radical (unpaired) electrons. The molecular weight excluding hydrogens is 200 g/mol. The zero-order valence-electron chi connectivity index (χ0n) is 7.77. The van der Waals surface area contributed by atoms with Crippen molar-refractivity contribution in [2.24, 2.45) is 5.10 Å². The van der Waals surface area contributed by atoms with Gasteiger partial charge >= 0.3 is 0 Å². The second kappa shape index (κ2) is 5.40. The predicted molar refractivity (Wildman–Crippen MR) is 58.9 cm³/mol. The summed E-state index contributed by atoms with van der Waals surface area (Å²) >= 11 is 5.54. The minimum Gasteiger partial charge on any atom is -0.291 e. The third kappa shape index (κ3) is 3.58. The zero-order chi connectivity index (χ0) is 10.4. The van der Waals surface area contributed by atoms with Gasteiger partial charge in [0.15, 0.2) is 5.78 Å². The Kier molecular flexibility index (Phi) is 4.13. The molecule has 0 heterocycles. The van der Waals surface area contributed by atoms with Crippen LogP contribution in [0.1, 0.15) is 6.92 Å². The number of anilines is 1. The Bertz CT molecular complexity index is 322. The lowest BCUT2D eigenvalue weighted by atomic mass is 10.3. The van der Waals surface area contributed by atoms with Gasteiger partial charge in [-0.25, -0.2) is 0 Å². The molecule has 0 aromatic heterocycles. The molecule has 1 rings (SSSR count). The highest BCUT2D eigenvalue weighted by molar-refractivity contribution is 6.44. The van der Waals surface area contributed by atoms with Crippen molar-refractivity contribution in [3.63, 3.8) is 0 Å². The molecule has 0 spiro atoms. The number of halogens is 1. The number of hydrazone groups is 1. The number of benzene rings is 1. The second-order valence-electron chi connectivity index (χ2n) is 2.75. The van der Waals surface area contributed by atoms with Crippen LogP contribution in [0.15, 0.2) is 35.4 Å². The van der Waals surface area contributed by atoms with E-state index in [4.69, 9.17) is 11.6 Å². The fourth-order valence-corrected chi connectivity index (χ4v) is 0.842. The Balaban J connectivity index is 2.45. The van der Waals surface area contributed by atoms with Crippen LogP contribution in [0.25, 0.3) is 0 Å². The number of rotatable bonds is 4. The van der Waals surface area contributed by atoms with E-state index in [-0.39, 0.29) is 5.78 Å². The minimum atomic E-state index is -0.531. The van der Waals surface area contributed by atoms with Crippen LogP contribution < -0.4 is 5.43 Å². The van der Waals surface area contributed by atoms with Gasteiger partial charge in [-0.2, -0.15) is 5.10 Å². The molecule has 0 aliphatic heterocycles. The lowest BCUT2D eigenvalue weighted by molar-refractivity contribution is -0.112. The monoisotopic (exact) mass is 210 g/mol. The Morgan fingerprint density at radius 3 is 2.71 bits per heavy atom. The van der Waals surface area contributed by atoms with Crippen molar-refractivity contribution in [3.05, 3.63) is 30.3 Å². The first-order valence-corrected chi connectivity index (χ1v) is 4.66. The van der Waals surface area contributed by atoms with E-state index < -0.39 is 5.38 Å². The summed E-state index contributed by atoms with van der Waals surface area (Å²) in [6.45, 7) is 1.61. The van der Waals surface area contributed by atoms with Gasteiger partial charge in [-0.15, -0.1) is 11.6 Å². The summed E-state index contributed by atoms with van der Waals surface area (Å²) in [5.41, 5.74) is 3.55. The normalized spacial score (nSPS) is 12.7. The van der Waals surface area contributed by atoms with Crippen molar-refractivity contribution in [1.82, 2.24) is 0 Å². The lowest BCUT2D eigenvalue weighted by Gasteiger charge is -1.98. The number of carbonyl (C=O) groups excluding carboxylic acids is 1. The van der Waals surface area contributed by atoms with Gasteiger partial charge in [-0.3, -0.25) is 10.2 Å². The molecule has 14 heavy (non-hydrogen) atoms. The number of hydrogen-bond donors (Lipinski definition) is 1. The quantitative estimate of drug-likeness (QED) is 0.471. The molecule has 1 aromatic rings. The summed E-state index contributed by atoms with van der Waals surface area (Å²) in [5, 5.41) is 3.22. The highest BCUT2D eigenvalue weighted by atomic mass is 35.5. The fraction of sp³-hybridized carbons (Fsp3) is 0.200. The van der Waals surface area contributed by atoms with Crippen LogP contribution in [0.5, 0.6) is 0 Å². The van der Waals surface area contributed by atoms with Gasteiger partial charge in [-0.1, -0.05) is 18.2 Å². The Morgan fingerprint density at radius 1 is 1.50 bits per heavy atom. The third-order valence-corrected chi connectivity index (χ3v) is 1.77. The number of alkyl halides is 1. The molecule has 0 amide bonds. The molecule has 0 bridgehead atoms. The molecule has 3 nitrogen and oxygen atoms in total. The average molecular weight is 211 g/mol. The summed E-state index contributed by atoms with van der Waals surface area (Å²) in [5.74, 6) is -0.213. The minimum absolute atomic E-state index is 0.213. The maximum atomic E-state index is 11.0. The molecule has 0 saturated carbocycles. The van der Waals surface area contributed by atoms with E-state index >= 15 is 0 Å². The SMILES string of the molecule is CC(Cl)C(=O)/C=N/Nc1ccccc1. The van der Waals surface area contributed by atoms with Gasteiger partial charge in [0.2, 0.25) is 0 Å². The number of para-hydroxylation sites is 1. The third-order valence-electron chi connectivity index (χ3n) is 1.55. The van der Waals surface area contributed by atoms with Gasteiger partial charge in [0.1, 0.15) is 0 Å². The highest BCUT2D eigenvalue weighted by Gasteiger charge is 2.04. The van der Waals surface area contributed by atoms with E-state index in [0.717, 1.165) is 5.69 Å². The fourth-order valence-electron chi connectivity index (χ4n) is 0.786. The van der Waals surface area contributed by atoms with E-state index in [0.29, 0.717) is 0 Å². The largest absolute Gasteiger partial charge is 0.291 e. The zero-order valence-corrected chi connectivity index (χ0v) is 8.53. The second-order valence-corrected chi connectivity index (χ2v) is 3.41. The van der Waals surface area contributed by atoms with Crippen LogP contribution >= 0.6 is 11.6 Å². The van der Waals surface area contributed by atoms with Crippen LogP contribution in [0.4, 0.5) is 5.69 Å². The smallest absolute Gasteiger partial charge is 0.193 e. The van der Waals surface area contributed by atoms with Crippen molar-refractivity contribution in [1.29, 1.82) is 0 Å². The molecule has 0 aliphatic rings. The standard InChI is InChI=1S/C10H11ClN2O/c1-8(11)10(14)7-12-13-9-5-3-2-4-6-9/h2-8,13H,1H3/b12-7+. The number of carbonyl (C=O) groups is 1. The van der Waals surface area contributed by atoms with Gasteiger partial charge in [-0.05, 0) is 19.1 Å². The number of hydrogen-bond acceptors (Lipinski definition) is 3. The van der Waals surface area contributed by atoms with Crippen LogP contribution in [0.3, 0.4) is 0 Å². The van der Waals surface area contributed by atoms with E-state index in [1.165, 1.54) is 6.21 Å². The van der Waals surface area contributed by atoms with Crippen LogP contribution in [0, 0.1) is 0 Å². The van der Waals surface area contributed by atoms with Crippen molar-refractivity contribution in [2.45, 2.75) is 12.3 Å². The van der Waals surface area contributed by atoms with Crippen LogP contribution in [-0.2, 0) is 4.79 Å². The molecule has 74 valence electrons. The van der Waals surface area contributed by atoms with E-state index in [2.05, 4.69) is 10.5 Å². The lowest BCUT2D eigenvalue weighted by Crippen LogP contribution is -2.11. The van der Waals surface area contributed by atoms with Crippen molar-refractivity contribution in [2.75, 3.05) is 5.43 Å². The topological polar surface area (TPSA) is 41.5 Å². The maximum Gasteiger partial charge on any atom is 0.193 e. The van der Waals surface area contributed by atoms with Crippen molar-refractivity contribution >= 4 is 29.3 Å². The first-order valence-electron chi connectivity index (χ1n) is 4.22. The summed E-state index contributed by atoms with van der Waals surface area (Å²) in [7, 11) is 0. The molecule has 0 aliphatic carbocycles. The molecular formula is C10H11ClN2O. The van der Waals surface area contributed by atoms with Gasteiger partial charge < -0.3 is 0 Å². The molecule has 4 heteroatoms. The van der Waals surface area contributed by atoms with Crippen molar-refractivity contribution in [3.8, 4) is 0 Å². The van der Waals surface area contributed by atoms with E-state index in [9.17, 15) is 4.79 Å². The van der Waals surface area contributed by atoms with Crippen LogP contribution in [-0.4, -0.2) is 17.4 Å². The molecule has 1 atom stereocenters. The average Bonchev–Trinajstić information content (AvgIpc) is 2.19.